The summed E-state index contributed by atoms with van der Waals surface area (Å²) in [5, 5.41) is 3.40. The van der Waals surface area contributed by atoms with E-state index in [1.807, 2.05) is 24.3 Å². The molecule has 0 unspecified atom stereocenters. The Morgan fingerprint density at radius 1 is 1.00 bits per heavy atom. The summed E-state index contributed by atoms with van der Waals surface area (Å²) in [7, 11) is 0. The van der Waals surface area contributed by atoms with E-state index >= 15 is 0 Å². The fourth-order valence-electron chi connectivity index (χ4n) is 7.78. The molecule has 0 spiro atoms. The van der Waals surface area contributed by atoms with Crippen molar-refractivity contribution < 1.29 is 14.4 Å². The number of carbonyl (C=O) groups excluding carboxylic acids is 3. The third kappa shape index (κ3) is 3.34. The Kier molecular flexibility index (Phi) is 4.81. The van der Waals surface area contributed by atoms with Gasteiger partial charge in [0.15, 0.2) is 0 Å². The van der Waals surface area contributed by atoms with Gasteiger partial charge in [-0.15, -0.1) is 0 Å². The number of hydrogen-bond acceptors (Lipinski definition) is 4. The van der Waals surface area contributed by atoms with Crippen LogP contribution in [0, 0.1) is 23.2 Å². The summed E-state index contributed by atoms with van der Waals surface area (Å²) in [5.74, 6) is 2.83. The minimum Gasteiger partial charge on any atom is -0.385 e. The van der Waals surface area contributed by atoms with Gasteiger partial charge in [0.2, 0.25) is 0 Å². The SMILES string of the molecule is O=C1[C@H]2CCCN2C(=O)N1Cc1ccc(NCCC(=O)C23CC4CC(CC(C4)C2)C3)cc1. The Hall–Kier alpha value is -2.37. The third-order valence-corrected chi connectivity index (χ3v) is 8.89. The smallest absolute Gasteiger partial charge is 0.327 e. The second-order valence-corrected chi connectivity index (χ2v) is 11.1. The quantitative estimate of drug-likeness (QED) is 0.652. The highest BCUT2D eigenvalue weighted by Crippen LogP contribution is 2.60. The van der Waals surface area contributed by atoms with Crippen LogP contribution in [0.4, 0.5) is 10.5 Å². The Bertz CT molecular complexity index is 883. The maximum atomic E-state index is 13.2. The number of carbonyl (C=O) groups is 3. The molecule has 6 heteroatoms. The molecular formula is C26H33N3O3. The van der Waals surface area contributed by atoms with Gasteiger partial charge in [0.05, 0.1) is 6.54 Å². The average molecular weight is 436 g/mol. The number of benzene rings is 1. The molecule has 32 heavy (non-hydrogen) atoms. The molecule has 1 N–H and O–H groups in total. The molecule has 0 radical (unpaired) electrons. The summed E-state index contributed by atoms with van der Waals surface area (Å²) in [6.07, 6.45) is 9.81. The number of urea groups is 1. The van der Waals surface area contributed by atoms with Crippen molar-refractivity contribution in [1.82, 2.24) is 9.80 Å². The number of nitrogens with zero attached hydrogens (tertiary/aromatic N) is 2. The minimum absolute atomic E-state index is 0.0105. The van der Waals surface area contributed by atoms with Gasteiger partial charge in [-0.05, 0) is 86.8 Å². The molecule has 7 rings (SSSR count). The van der Waals surface area contributed by atoms with Crippen molar-refractivity contribution in [3.8, 4) is 0 Å². The fourth-order valence-corrected chi connectivity index (χ4v) is 7.78. The van der Waals surface area contributed by atoms with Gasteiger partial charge in [0, 0.05) is 30.6 Å². The lowest BCUT2D eigenvalue weighted by Gasteiger charge is -2.56. The lowest BCUT2D eigenvalue weighted by Crippen LogP contribution is -2.50. The first-order valence-electron chi connectivity index (χ1n) is 12.5. The zero-order valence-electron chi connectivity index (χ0n) is 18.7. The van der Waals surface area contributed by atoms with E-state index in [2.05, 4.69) is 5.32 Å². The number of imide groups is 1. The highest BCUT2D eigenvalue weighted by molar-refractivity contribution is 6.04. The number of Topliss-reactive ketones (excluding diaryl/α,β-unsaturated/α-hetero) is 1. The number of nitrogens with one attached hydrogen (secondary N) is 1. The van der Waals surface area contributed by atoms with Gasteiger partial charge in [-0.1, -0.05) is 12.1 Å². The van der Waals surface area contributed by atoms with Gasteiger partial charge in [0.25, 0.3) is 5.91 Å². The third-order valence-electron chi connectivity index (χ3n) is 8.89. The van der Waals surface area contributed by atoms with Crippen molar-refractivity contribution in [2.45, 2.75) is 70.4 Å². The number of rotatable bonds is 7. The minimum atomic E-state index is -0.241. The molecular weight excluding hydrogens is 402 g/mol. The fraction of sp³-hybridized carbons (Fsp3) is 0.654. The second kappa shape index (κ2) is 7.60. The molecule has 1 atom stereocenters. The molecule has 3 amide bonds. The molecule has 2 heterocycles. The summed E-state index contributed by atoms with van der Waals surface area (Å²) >= 11 is 0. The maximum absolute atomic E-state index is 13.2. The largest absolute Gasteiger partial charge is 0.385 e. The van der Waals surface area contributed by atoms with Crippen molar-refractivity contribution >= 4 is 23.4 Å². The van der Waals surface area contributed by atoms with E-state index in [0.717, 1.165) is 61.1 Å². The van der Waals surface area contributed by atoms with Crippen LogP contribution in [0.2, 0.25) is 0 Å². The van der Waals surface area contributed by atoms with Crippen LogP contribution >= 0.6 is 0 Å². The van der Waals surface area contributed by atoms with Gasteiger partial charge >= 0.3 is 6.03 Å². The van der Waals surface area contributed by atoms with Crippen LogP contribution in [0.1, 0.15) is 63.4 Å². The number of hydrogen-bond donors (Lipinski definition) is 1. The predicted octanol–water partition coefficient (Wildman–Crippen LogP) is 4.20. The zero-order chi connectivity index (χ0) is 21.9. The number of anilines is 1. The Labute approximate surface area is 189 Å². The van der Waals surface area contributed by atoms with Crippen LogP contribution in [0.5, 0.6) is 0 Å². The van der Waals surface area contributed by atoms with Gasteiger partial charge < -0.3 is 10.2 Å². The zero-order valence-corrected chi connectivity index (χ0v) is 18.7. The molecule has 4 saturated carbocycles. The molecule has 4 aliphatic carbocycles. The number of fused-ring (bicyclic) bond motifs is 1. The molecule has 1 aromatic rings. The van der Waals surface area contributed by atoms with E-state index in [1.54, 1.807) is 4.90 Å². The van der Waals surface area contributed by atoms with E-state index in [9.17, 15) is 14.4 Å². The molecule has 1 aromatic carbocycles. The summed E-state index contributed by atoms with van der Waals surface area (Å²) in [6.45, 7) is 1.69. The van der Waals surface area contributed by atoms with Crippen molar-refractivity contribution in [1.29, 1.82) is 0 Å². The summed E-state index contributed by atoms with van der Waals surface area (Å²) in [5.41, 5.74) is 1.92. The van der Waals surface area contributed by atoms with Crippen LogP contribution in [-0.2, 0) is 16.1 Å². The van der Waals surface area contributed by atoms with Crippen LogP contribution in [0.3, 0.4) is 0 Å². The number of ketones is 1. The monoisotopic (exact) mass is 435 g/mol. The molecule has 0 aromatic heterocycles. The number of amides is 3. The Morgan fingerprint density at radius 2 is 1.66 bits per heavy atom. The van der Waals surface area contributed by atoms with Crippen molar-refractivity contribution in [2.24, 2.45) is 23.2 Å². The molecule has 4 bridgehead atoms. The van der Waals surface area contributed by atoms with Gasteiger partial charge in [-0.25, -0.2) is 4.79 Å². The first kappa shape index (κ1) is 20.3. The van der Waals surface area contributed by atoms with Crippen molar-refractivity contribution in [3.63, 3.8) is 0 Å². The van der Waals surface area contributed by atoms with Crippen LogP contribution in [0.15, 0.2) is 24.3 Å². The summed E-state index contributed by atoms with van der Waals surface area (Å²) in [6, 6.07) is 7.51. The highest BCUT2D eigenvalue weighted by atomic mass is 16.2. The first-order chi connectivity index (χ1) is 15.5. The lowest BCUT2D eigenvalue weighted by molar-refractivity contribution is -0.143. The topological polar surface area (TPSA) is 69.7 Å². The standard InChI is InChI=1S/C26H33N3O3/c30-23(26-13-18-10-19(14-26)12-20(11-18)15-26)7-8-27-21-5-3-17(4-6-21)16-29-24(31)22-2-1-9-28(22)25(29)32/h3-6,18-20,22,27H,1-2,7-16H2/t18?,19?,20?,22-,26?/m1/s1. The Balaban J connectivity index is 1.02. The maximum Gasteiger partial charge on any atom is 0.327 e. The molecule has 170 valence electrons. The van der Waals surface area contributed by atoms with E-state index < -0.39 is 0 Å². The Morgan fingerprint density at radius 3 is 2.28 bits per heavy atom. The van der Waals surface area contributed by atoms with Crippen LogP contribution in [0.25, 0.3) is 0 Å². The molecule has 6 aliphatic rings. The molecule has 2 saturated heterocycles. The lowest BCUT2D eigenvalue weighted by atomic mass is 9.48. The van der Waals surface area contributed by atoms with Gasteiger partial charge in [-0.2, -0.15) is 0 Å². The van der Waals surface area contributed by atoms with Crippen LogP contribution < -0.4 is 5.32 Å². The van der Waals surface area contributed by atoms with Gasteiger partial charge in [-0.3, -0.25) is 14.5 Å². The molecule has 2 aliphatic heterocycles. The summed E-state index contributed by atoms with van der Waals surface area (Å²) in [4.78, 5) is 41.3. The molecule has 6 fully saturated rings. The van der Waals surface area contributed by atoms with Crippen LogP contribution in [-0.4, -0.2) is 46.7 Å². The van der Waals surface area contributed by atoms with E-state index in [0.29, 0.717) is 31.8 Å². The second-order valence-electron chi connectivity index (χ2n) is 11.1. The highest BCUT2D eigenvalue weighted by Gasteiger charge is 2.54. The van der Waals surface area contributed by atoms with Gasteiger partial charge in [0.1, 0.15) is 11.8 Å². The predicted molar refractivity (Wildman–Crippen MR) is 121 cm³/mol. The van der Waals surface area contributed by atoms with E-state index in [1.165, 1.54) is 24.2 Å². The average Bonchev–Trinajstić information content (AvgIpc) is 3.33. The normalized spacial score (nSPS) is 35.0. The van der Waals surface area contributed by atoms with Crippen molar-refractivity contribution in [3.05, 3.63) is 29.8 Å². The van der Waals surface area contributed by atoms with E-state index in [4.69, 9.17) is 0 Å². The molecule has 6 nitrogen and oxygen atoms in total. The van der Waals surface area contributed by atoms with E-state index in [-0.39, 0.29) is 23.4 Å². The summed E-state index contributed by atoms with van der Waals surface area (Å²) < 4.78 is 0. The first-order valence-corrected chi connectivity index (χ1v) is 12.5. The van der Waals surface area contributed by atoms with Crippen molar-refractivity contribution in [2.75, 3.05) is 18.4 Å².